The molecule has 12 heteroatoms. The van der Waals surface area contributed by atoms with Crippen molar-refractivity contribution in [1.82, 2.24) is 20.1 Å². The molecule has 208 valence electrons. The molecule has 39 heavy (non-hydrogen) atoms. The Morgan fingerprint density at radius 3 is 2.51 bits per heavy atom. The highest BCUT2D eigenvalue weighted by atomic mass is 32.2. The van der Waals surface area contributed by atoms with Crippen LogP contribution in [0.25, 0.3) is 21.6 Å². The number of rotatable bonds is 10. The lowest BCUT2D eigenvalue weighted by Crippen LogP contribution is -2.38. The SMILES string of the molecule is B[SH](=O)(CCOC)c1ccc(-c2ccc3nc(OC(C)C4CCN(c5nc(C(C)C)no5)CC4)sc3n2)cc1. The fourth-order valence-electron chi connectivity index (χ4n) is 4.76. The highest BCUT2D eigenvalue weighted by molar-refractivity contribution is 8.22. The first kappa shape index (κ1) is 27.7. The van der Waals surface area contributed by atoms with Crippen LogP contribution < -0.4 is 9.64 Å². The lowest BCUT2D eigenvalue weighted by Gasteiger charge is -2.33. The molecule has 1 aliphatic rings. The Kier molecular flexibility index (Phi) is 8.34. The average Bonchev–Trinajstić information content (AvgIpc) is 3.59. The van der Waals surface area contributed by atoms with E-state index in [1.807, 2.05) is 43.5 Å². The lowest BCUT2D eigenvalue weighted by atomic mass is 9.92. The first-order valence-corrected chi connectivity index (χ1v) is 16.6. The molecule has 0 N–H and O–H groups in total. The molecule has 4 heterocycles. The van der Waals surface area contributed by atoms with Crippen LogP contribution in [-0.2, 0) is 14.5 Å². The van der Waals surface area contributed by atoms with Crippen LogP contribution in [0.1, 0.15) is 45.4 Å². The number of piperidine rings is 1. The molecule has 0 spiro atoms. The smallest absolute Gasteiger partial charge is 0.324 e. The highest BCUT2D eigenvalue weighted by Gasteiger charge is 2.28. The van der Waals surface area contributed by atoms with Crippen LogP contribution in [-0.4, -0.2) is 70.1 Å². The molecule has 0 saturated carbocycles. The monoisotopic (exact) mass is 569 g/mol. The van der Waals surface area contributed by atoms with Gasteiger partial charge in [-0.3, -0.25) is 4.21 Å². The van der Waals surface area contributed by atoms with Crippen LogP contribution >= 0.6 is 11.3 Å². The second-order valence-electron chi connectivity index (χ2n) is 10.6. The first-order chi connectivity index (χ1) is 18.7. The van der Waals surface area contributed by atoms with Crippen molar-refractivity contribution in [2.24, 2.45) is 5.92 Å². The van der Waals surface area contributed by atoms with Gasteiger partial charge < -0.3 is 18.9 Å². The highest BCUT2D eigenvalue weighted by Crippen LogP contribution is 2.33. The summed E-state index contributed by atoms with van der Waals surface area (Å²) >= 11 is 1.47. The minimum absolute atomic E-state index is 0.0384. The summed E-state index contributed by atoms with van der Waals surface area (Å²) in [5, 5.41) is 4.73. The topological polar surface area (TPSA) is 103 Å². The standard InChI is InChI=1S/C27H36BN5O4S2/c1-17(2)24-31-26(37-32-24)33-13-11-19(12-14-33)18(3)36-27-30-23-10-9-22(29-25(23)38-27)20-5-7-21(8-6-20)39(28,34)16-15-35-4/h5-10,17-19,39H,11-16,28H2,1-4H3. The van der Waals surface area contributed by atoms with E-state index in [0.29, 0.717) is 29.5 Å². The van der Waals surface area contributed by atoms with Crippen molar-refractivity contribution in [3.8, 4) is 16.5 Å². The van der Waals surface area contributed by atoms with E-state index in [0.717, 1.165) is 58.3 Å². The number of hydrogen-bond acceptors (Lipinski definition) is 10. The minimum atomic E-state index is -2.44. The van der Waals surface area contributed by atoms with Gasteiger partial charge in [0.05, 0.1) is 12.3 Å². The van der Waals surface area contributed by atoms with Gasteiger partial charge in [0.25, 0.3) is 5.19 Å². The molecule has 1 unspecified atom stereocenters. The van der Waals surface area contributed by atoms with Crippen molar-refractivity contribution in [1.29, 1.82) is 0 Å². The summed E-state index contributed by atoms with van der Waals surface area (Å²) in [6.45, 7) is 8.46. The van der Waals surface area contributed by atoms with Gasteiger partial charge in [0.2, 0.25) is 0 Å². The molecule has 0 bridgehead atoms. The molecule has 0 aliphatic carbocycles. The Hall–Kier alpha value is -2.83. The number of methoxy groups -OCH3 is 1. The number of benzene rings is 1. The Morgan fingerprint density at radius 1 is 1.10 bits per heavy atom. The molecule has 1 aliphatic heterocycles. The third kappa shape index (κ3) is 6.33. The summed E-state index contributed by atoms with van der Waals surface area (Å²) in [6, 6.07) is 12.4. The van der Waals surface area contributed by atoms with Gasteiger partial charge >= 0.3 is 6.01 Å². The van der Waals surface area contributed by atoms with E-state index in [2.05, 4.69) is 40.8 Å². The van der Waals surface area contributed by atoms with Gasteiger partial charge in [-0.2, -0.15) is 4.98 Å². The number of ether oxygens (including phenoxy) is 2. The Bertz CT molecular complexity index is 1450. The van der Waals surface area contributed by atoms with Gasteiger partial charge in [0, 0.05) is 42.3 Å². The van der Waals surface area contributed by atoms with E-state index >= 15 is 0 Å². The molecule has 1 atom stereocenters. The maximum atomic E-state index is 13.0. The summed E-state index contributed by atoms with van der Waals surface area (Å²) in [7, 11) is 1.00. The zero-order valence-electron chi connectivity index (χ0n) is 23.2. The largest absolute Gasteiger partial charge is 0.467 e. The zero-order chi connectivity index (χ0) is 27.6. The normalized spacial score (nSPS) is 16.2. The van der Waals surface area contributed by atoms with Gasteiger partial charge in [-0.05, 0) is 49.9 Å². The van der Waals surface area contributed by atoms with Gasteiger partial charge in [-0.15, -0.1) is 9.78 Å². The molecule has 4 aromatic rings. The molecule has 1 fully saturated rings. The average molecular weight is 570 g/mol. The predicted molar refractivity (Wildman–Crippen MR) is 159 cm³/mol. The van der Waals surface area contributed by atoms with Gasteiger partial charge in [0.1, 0.15) is 16.5 Å². The summed E-state index contributed by atoms with van der Waals surface area (Å²) in [5.74, 6) is 1.95. The van der Waals surface area contributed by atoms with E-state index in [1.165, 1.54) is 11.3 Å². The van der Waals surface area contributed by atoms with Crippen molar-refractivity contribution >= 4 is 44.6 Å². The quantitative estimate of drug-likeness (QED) is 0.223. The first-order valence-electron chi connectivity index (χ1n) is 13.4. The summed E-state index contributed by atoms with van der Waals surface area (Å²) in [6.07, 6.45) is 2.01. The molecule has 9 nitrogen and oxygen atoms in total. The number of fused-ring (bicyclic) bond motifs is 1. The fourth-order valence-corrected chi connectivity index (χ4v) is 7.20. The second-order valence-corrected chi connectivity index (χ2v) is 14.7. The van der Waals surface area contributed by atoms with Crippen LogP contribution in [0.2, 0.25) is 0 Å². The Balaban J connectivity index is 1.21. The summed E-state index contributed by atoms with van der Waals surface area (Å²) in [5.41, 5.74) is 2.66. The van der Waals surface area contributed by atoms with E-state index in [9.17, 15) is 4.21 Å². The van der Waals surface area contributed by atoms with Gasteiger partial charge in [-0.25, -0.2) is 9.97 Å². The predicted octanol–water partition coefficient (Wildman–Crippen LogP) is 4.12. The summed E-state index contributed by atoms with van der Waals surface area (Å²) < 4.78 is 29.9. The molecular formula is C27H36BN5O4S2. The van der Waals surface area contributed by atoms with E-state index in [4.69, 9.17) is 19.0 Å². The second kappa shape index (κ2) is 11.7. The van der Waals surface area contributed by atoms with Crippen LogP contribution in [0.3, 0.4) is 0 Å². The van der Waals surface area contributed by atoms with E-state index in [1.54, 1.807) is 7.11 Å². The molecule has 3 aromatic heterocycles. The van der Waals surface area contributed by atoms with Crippen molar-refractivity contribution in [3.05, 3.63) is 42.2 Å². The number of pyridine rings is 1. The Labute approximate surface area is 235 Å². The van der Waals surface area contributed by atoms with Crippen LogP contribution in [0.4, 0.5) is 6.01 Å². The van der Waals surface area contributed by atoms with Crippen LogP contribution in [0, 0.1) is 5.92 Å². The van der Waals surface area contributed by atoms with Crippen molar-refractivity contribution in [3.63, 3.8) is 0 Å². The molecular weight excluding hydrogens is 533 g/mol. The van der Waals surface area contributed by atoms with Crippen LogP contribution in [0.5, 0.6) is 5.19 Å². The van der Waals surface area contributed by atoms with Crippen molar-refractivity contribution < 1.29 is 18.2 Å². The van der Waals surface area contributed by atoms with Crippen molar-refractivity contribution in [2.45, 2.75) is 50.5 Å². The van der Waals surface area contributed by atoms with Crippen LogP contribution in [0.15, 0.2) is 45.8 Å². The van der Waals surface area contributed by atoms with Crippen molar-refractivity contribution in [2.75, 3.05) is 37.5 Å². The van der Waals surface area contributed by atoms with Gasteiger partial charge in [0.15, 0.2) is 12.9 Å². The maximum Gasteiger partial charge on any atom is 0.324 e. The molecule has 0 amide bonds. The molecule has 1 aromatic carbocycles. The Morgan fingerprint density at radius 2 is 1.85 bits per heavy atom. The molecule has 5 rings (SSSR count). The third-order valence-corrected chi connectivity index (χ3v) is 10.7. The van der Waals surface area contributed by atoms with Gasteiger partial charge in [-0.1, -0.05) is 42.5 Å². The van der Waals surface area contributed by atoms with E-state index in [-0.39, 0.29) is 12.0 Å². The number of aromatic nitrogens is 4. The number of nitrogens with zero attached hydrogens (tertiary/aromatic N) is 5. The maximum absolute atomic E-state index is 13.0. The third-order valence-electron chi connectivity index (χ3n) is 7.38. The number of anilines is 1. The number of thiol groups is 1. The summed E-state index contributed by atoms with van der Waals surface area (Å²) in [4.78, 5) is 17.9. The number of thiazole rings is 1. The fraction of sp³-hybridized carbons (Fsp3) is 0.481. The lowest BCUT2D eigenvalue weighted by molar-refractivity contribution is 0.131. The minimum Gasteiger partial charge on any atom is -0.467 e. The molecule has 0 radical (unpaired) electrons. The zero-order valence-corrected chi connectivity index (χ0v) is 24.9. The molecule has 1 saturated heterocycles. The number of hydrogen-bond donors (Lipinski definition) is 1. The van der Waals surface area contributed by atoms with E-state index < -0.39 is 9.78 Å².